The number of halogens is 2. The molecule has 2 aliphatic rings. The molecular weight excluding hydrogens is 413 g/mol. The first-order valence-electron chi connectivity index (χ1n) is 10.4. The van der Waals surface area contributed by atoms with E-state index >= 15 is 0 Å². The molecule has 0 aromatic carbocycles. The van der Waals surface area contributed by atoms with E-state index in [1.54, 1.807) is 13.3 Å². The van der Waals surface area contributed by atoms with Crippen LogP contribution in [0.15, 0.2) is 12.5 Å². The Hall–Kier alpha value is -1.15. The van der Waals surface area contributed by atoms with Crippen LogP contribution in [0.25, 0.3) is 0 Å². The largest absolute Gasteiger partial charge is 0.348 e. The number of amides is 2. The minimum Gasteiger partial charge on any atom is -0.348 e. The smallest absolute Gasteiger partial charge is 0.243 e. The summed E-state index contributed by atoms with van der Waals surface area (Å²) in [6.45, 7) is 3.41. The lowest BCUT2D eigenvalue weighted by atomic mass is 9.79. The van der Waals surface area contributed by atoms with Crippen LogP contribution < -0.4 is 11.1 Å². The van der Waals surface area contributed by atoms with Gasteiger partial charge in [-0.15, -0.1) is 24.8 Å². The number of rotatable bonds is 7. The van der Waals surface area contributed by atoms with Gasteiger partial charge >= 0.3 is 0 Å². The highest BCUT2D eigenvalue weighted by molar-refractivity contribution is 5.99. The van der Waals surface area contributed by atoms with Gasteiger partial charge in [-0.3, -0.25) is 19.8 Å². The number of aromatic amines is 1. The number of aryl methyl sites for hydroxylation is 1. The molecule has 1 aromatic rings. The number of aromatic nitrogens is 2. The van der Waals surface area contributed by atoms with Gasteiger partial charge in [0.15, 0.2) is 0 Å². The van der Waals surface area contributed by atoms with Crippen LogP contribution in [0, 0.1) is 11.8 Å². The second-order valence-electron chi connectivity index (χ2n) is 8.23. The fraction of sp³-hybridized carbons (Fsp3) is 0.750. The van der Waals surface area contributed by atoms with Crippen LogP contribution in [0.2, 0.25) is 0 Å². The van der Waals surface area contributed by atoms with Crippen molar-refractivity contribution in [3.05, 3.63) is 18.2 Å². The van der Waals surface area contributed by atoms with Gasteiger partial charge in [0.05, 0.1) is 18.4 Å². The molecule has 166 valence electrons. The molecule has 1 aromatic heterocycles. The third-order valence-electron chi connectivity index (χ3n) is 6.16. The van der Waals surface area contributed by atoms with E-state index in [0.717, 1.165) is 44.0 Å². The van der Waals surface area contributed by atoms with Crippen LogP contribution in [0.5, 0.6) is 0 Å². The zero-order valence-corrected chi connectivity index (χ0v) is 18.8. The summed E-state index contributed by atoms with van der Waals surface area (Å²) < 4.78 is 0. The highest BCUT2D eigenvalue weighted by atomic mass is 35.5. The summed E-state index contributed by atoms with van der Waals surface area (Å²) in [7, 11) is 0. The Kier molecular flexibility index (Phi) is 11.2. The highest BCUT2D eigenvalue weighted by Crippen LogP contribution is 2.37. The van der Waals surface area contributed by atoms with Gasteiger partial charge < -0.3 is 10.7 Å². The van der Waals surface area contributed by atoms with E-state index in [1.165, 1.54) is 32.1 Å². The molecule has 1 unspecified atom stereocenters. The van der Waals surface area contributed by atoms with Crippen LogP contribution in [0.4, 0.5) is 0 Å². The maximum atomic E-state index is 12.7. The number of imide groups is 1. The normalized spacial score (nSPS) is 23.7. The van der Waals surface area contributed by atoms with Crippen molar-refractivity contribution >= 4 is 36.6 Å². The Balaban J connectivity index is 0.00000210. The van der Waals surface area contributed by atoms with Gasteiger partial charge in [-0.25, -0.2) is 4.98 Å². The maximum Gasteiger partial charge on any atom is 0.243 e. The maximum absolute atomic E-state index is 12.7. The van der Waals surface area contributed by atoms with E-state index in [-0.39, 0.29) is 36.8 Å². The second-order valence-corrected chi connectivity index (χ2v) is 8.23. The van der Waals surface area contributed by atoms with Crippen molar-refractivity contribution in [1.82, 2.24) is 20.2 Å². The summed E-state index contributed by atoms with van der Waals surface area (Å²) in [4.78, 5) is 34.1. The molecule has 4 N–H and O–H groups in total. The molecule has 2 fully saturated rings. The first-order valence-corrected chi connectivity index (χ1v) is 10.4. The van der Waals surface area contributed by atoms with Crippen molar-refractivity contribution in [3.8, 4) is 0 Å². The summed E-state index contributed by atoms with van der Waals surface area (Å²) in [6.07, 6.45) is 12.8. The summed E-state index contributed by atoms with van der Waals surface area (Å²) >= 11 is 0. The average Bonchev–Trinajstić information content (AvgIpc) is 3.32. The molecular formula is C20H35Cl2N5O2. The van der Waals surface area contributed by atoms with E-state index in [9.17, 15) is 9.59 Å². The fourth-order valence-corrected chi connectivity index (χ4v) is 4.62. The predicted octanol–water partition coefficient (Wildman–Crippen LogP) is 2.45. The molecule has 0 spiro atoms. The van der Waals surface area contributed by atoms with E-state index in [1.807, 2.05) is 6.20 Å². The number of H-pyrrole nitrogens is 1. The molecule has 7 nitrogen and oxygen atoms in total. The van der Waals surface area contributed by atoms with E-state index in [4.69, 9.17) is 5.73 Å². The van der Waals surface area contributed by atoms with Crippen molar-refractivity contribution in [2.75, 3.05) is 13.1 Å². The Bertz CT molecular complexity index is 620. The lowest BCUT2D eigenvalue weighted by Gasteiger charge is -2.27. The van der Waals surface area contributed by atoms with Crippen LogP contribution in [0.3, 0.4) is 0 Å². The molecule has 0 radical (unpaired) electrons. The van der Waals surface area contributed by atoms with Crippen molar-refractivity contribution < 1.29 is 9.59 Å². The fourth-order valence-electron chi connectivity index (χ4n) is 4.62. The van der Waals surface area contributed by atoms with Crippen LogP contribution in [0.1, 0.15) is 57.6 Å². The summed E-state index contributed by atoms with van der Waals surface area (Å²) in [5.41, 5.74) is 6.73. The lowest BCUT2D eigenvalue weighted by Crippen LogP contribution is -2.49. The van der Waals surface area contributed by atoms with Gasteiger partial charge in [0.25, 0.3) is 0 Å². The Labute approximate surface area is 185 Å². The number of imidazole rings is 1. The third-order valence-corrected chi connectivity index (χ3v) is 6.16. The Morgan fingerprint density at radius 2 is 2.00 bits per heavy atom. The first kappa shape index (κ1) is 25.9. The molecule has 1 aliphatic carbocycles. The predicted molar refractivity (Wildman–Crippen MR) is 118 cm³/mol. The number of carbonyl (C=O) groups is 2. The zero-order chi connectivity index (χ0) is 19.2. The number of carbonyl (C=O) groups excluding carboxylic acids is 2. The molecule has 1 saturated carbocycles. The van der Waals surface area contributed by atoms with Crippen molar-refractivity contribution in [2.24, 2.45) is 17.6 Å². The number of hydrogen-bond donors (Lipinski definition) is 3. The quantitative estimate of drug-likeness (QED) is 0.595. The minimum atomic E-state index is -0.668. The standard InChI is InChI=1S/C20H33N5O2.2ClH/c1-14(21)19(26)24-20(27)18-10-16(15-6-3-2-4-7-15)12-25(18)9-5-8-17-11-22-13-23-17;;/h11,13-16,18H,2-10,12,21H2,1H3,(H,22,23)(H,24,26,27);2*1H/t14-,16?,18-;;/m0../s1. The van der Waals surface area contributed by atoms with Crippen LogP contribution >= 0.6 is 24.8 Å². The lowest BCUT2D eigenvalue weighted by molar-refractivity contribution is -0.133. The number of hydrogen-bond acceptors (Lipinski definition) is 5. The van der Waals surface area contributed by atoms with E-state index in [2.05, 4.69) is 20.2 Å². The summed E-state index contributed by atoms with van der Waals surface area (Å²) in [6, 6.07) is -0.889. The van der Waals surface area contributed by atoms with Gasteiger partial charge in [0, 0.05) is 18.4 Å². The van der Waals surface area contributed by atoms with Gasteiger partial charge in [-0.05, 0) is 44.6 Å². The SMILES string of the molecule is C[C@H](N)C(=O)NC(=O)[C@@H]1CC(C2CCCCC2)CN1CCCc1cnc[nH]1.Cl.Cl. The van der Waals surface area contributed by atoms with Gasteiger partial charge in [0.1, 0.15) is 0 Å². The van der Waals surface area contributed by atoms with Gasteiger partial charge in [-0.1, -0.05) is 32.1 Å². The monoisotopic (exact) mass is 447 g/mol. The summed E-state index contributed by atoms with van der Waals surface area (Å²) in [5.74, 6) is 0.699. The molecule has 0 bridgehead atoms. The number of nitrogens with zero attached hydrogens (tertiary/aromatic N) is 2. The molecule has 2 amide bonds. The van der Waals surface area contributed by atoms with Gasteiger partial charge in [-0.2, -0.15) is 0 Å². The highest BCUT2D eigenvalue weighted by Gasteiger charge is 2.40. The number of nitrogens with one attached hydrogen (secondary N) is 2. The molecule has 3 rings (SSSR count). The second kappa shape index (κ2) is 12.5. The van der Waals surface area contributed by atoms with Crippen LogP contribution in [-0.4, -0.2) is 51.9 Å². The third kappa shape index (κ3) is 7.24. The molecule has 1 aliphatic heterocycles. The Morgan fingerprint density at radius 3 is 2.62 bits per heavy atom. The molecule has 3 atom stereocenters. The minimum absolute atomic E-state index is 0. The average molecular weight is 448 g/mol. The van der Waals surface area contributed by atoms with Gasteiger partial charge in [0.2, 0.25) is 11.8 Å². The van der Waals surface area contributed by atoms with E-state index in [0.29, 0.717) is 5.92 Å². The van der Waals surface area contributed by atoms with Crippen molar-refractivity contribution in [2.45, 2.75) is 70.4 Å². The number of nitrogens with two attached hydrogens (primary N) is 1. The topological polar surface area (TPSA) is 104 Å². The summed E-state index contributed by atoms with van der Waals surface area (Å²) in [5, 5.41) is 2.52. The molecule has 9 heteroatoms. The van der Waals surface area contributed by atoms with Crippen molar-refractivity contribution in [3.63, 3.8) is 0 Å². The Morgan fingerprint density at radius 1 is 1.28 bits per heavy atom. The number of likely N-dealkylation sites (tertiary alicyclic amines) is 1. The molecule has 29 heavy (non-hydrogen) atoms. The van der Waals surface area contributed by atoms with Crippen molar-refractivity contribution in [1.29, 1.82) is 0 Å². The molecule has 2 heterocycles. The first-order chi connectivity index (χ1) is 13.0. The van der Waals surface area contributed by atoms with Crippen LogP contribution in [-0.2, 0) is 16.0 Å². The zero-order valence-electron chi connectivity index (χ0n) is 17.1. The molecule has 1 saturated heterocycles. The van der Waals surface area contributed by atoms with E-state index < -0.39 is 11.9 Å².